The Morgan fingerprint density at radius 2 is 1.71 bits per heavy atom. The molecule has 1 rings (SSSR count). The Morgan fingerprint density at radius 1 is 1.18 bits per heavy atom. The molecule has 1 N–H and O–H groups in total. The van der Waals surface area contributed by atoms with Gasteiger partial charge in [0.2, 0.25) is 0 Å². The van der Waals surface area contributed by atoms with Crippen LogP contribution in [0, 0.1) is 0 Å². The first-order valence-electron chi connectivity index (χ1n) is 5.91. The van der Waals surface area contributed by atoms with Gasteiger partial charge in [-0.3, -0.25) is 0 Å². The second-order valence-corrected chi connectivity index (χ2v) is 5.68. The lowest BCUT2D eigenvalue weighted by atomic mass is 10.2. The molecule has 0 radical (unpaired) electrons. The Kier molecular flexibility index (Phi) is 6.52. The lowest BCUT2D eigenvalue weighted by Gasteiger charge is -2.18. The van der Waals surface area contributed by atoms with E-state index < -0.39 is 0 Å². The van der Waals surface area contributed by atoms with E-state index in [1.807, 2.05) is 7.05 Å². The van der Waals surface area contributed by atoms with Crippen LogP contribution >= 0.6 is 31.9 Å². The molecule has 0 bridgehead atoms. The van der Waals surface area contributed by atoms with Crippen molar-refractivity contribution in [3.63, 3.8) is 0 Å². The molecule has 0 saturated heterocycles. The molecule has 96 valence electrons. The van der Waals surface area contributed by atoms with Crippen molar-refractivity contribution in [2.75, 3.05) is 7.05 Å². The van der Waals surface area contributed by atoms with Crippen LogP contribution in [0.4, 0.5) is 0 Å². The minimum absolute atomic E-state index is 0.276. The van der Waals surface area contributed by atoms with E-state index in [0.29, 0.717) is 0 Å². The molecular formula is C13H19Br2NO. The largest absolute Gasteiger partial charge is 0.488 e. The average molecular weight is 365 g/mol. The summed E-state index contributed by atoms with van der Waals surface area (Å²) in [7, 11) is 1.94. The van der Waals surface area contributed by atoms with Crippen molar-refractivity contribution < 1.29 is 4.74 Å². The normalized spacial score (nSPS) is 10.9. The lowest BCUT2D eigenvalue weighted by Crippen LogP contribution is -2.14. The molecule has 1 aromatic rings. The molecule has 0 spiro atoms. The molecule has 0 amide bonds. The van der Waals surface area contributed by atoms with Crippen LogP contribution in [0.2, 0.25) is 0 Å². The van der Waals surface area contributed by atoms with Crippen LogP contribution in [0.3, 0.4) is 0 Å². The molecule has 0 saturated carbocycles. The van der Waals surface area contributed by atoms with E-state index in [0.717, 1.165) is 34.1 Å². The van der Waals surface area contributed by atoms with E-state index in [-0.39, 0.29) is 6.10 Å². The maximum absolute atomic E-state index is 5.99. The number of nitrogens with one attached hydrogen (secondary N) is 1. The van der Waals surface area contributed by atoms with Crippen LogP contribution < -0.4 is 10.1 Å². The lowest BCUT2D eigenvalue weighted by molar-refractivity contribution is 0.190. The van der Waals surface area contributed by atoms with Crippen molar-refractivity contribution in [2.24, 2.45) is 0 Å². The van der Waals surface area contributed by atoms with Crippen LogP contribution in [0.1, 0.15) is 32.3 Å². The van der Waals surface area contributed by atoms with Crippen LogP contribution in [-0.4, -0.2) is 13.2 Å². The summed E-state index contributed by atoms with van der Waals surface area (Å²) in [6, 6.07) is 4.19. The Labute approximate surface area is 120 Å². The zero-order valence-electron chi connectivity index (χ0n) is 10.5. The van der Waals surface area contributed by atoms with Gasteiger partial charge < -0.3 is 10.1 Å². The van der Waals surface area contributed by atoms with Gasteiger partial charge in [0.15, 0.2) is 0 Å². The van der Waals surface area contributed by atoms with Crippen molar-refractivity contribution >= 4 is 31.9 Å². The van der Waals surface area contributed by atoms with Crippen molar-refractivity contribution in [2.45, 2.75) is 39.3 Å². The summed E-state index contributed by atoms with van der Waals surface area (Å²) in [4.78, 5) is 0. The van der Waals surface area contributed by atoms with Gasteiger partial charge in [-0.25, -0.2) is 0 Å². The maximum Gasteiger partial charge on any atom is 0.148 e. The van der Waals surface area contributed by atoms with E-state index in [1.165, 1.54) is 5.56 Å². The summed E-state index contributed by atoms with van der Waals surface area (Å²) < 4.78 is 8.00. The first-order chi connectivity index (χ1) is 8.12. The highest BCUT2D eigenvalue weighted by molar-refractivity contribution is 9.11. The number of benzene rings is 1. The smallest absolute Gasteiger partial charge is 0.148 e. The Morgan fingerprint density at radius 3 is 2.12 bits per heavy atom. The quantitative estimate of drug-likeness (QED) is 0.802. The molecule has 0 aliphatic heterocycles. The molecule has 0 aliphatic rings. The first-order valence-corrected chi connectivity index (χ1v) is 7.50. The van der Waals surface area contributed by atoms with Crippen molar-refractivity contribution in [1.82, 2.24) is 5.32 Å². The SMILES string of the molecule is CCC(CC)Oc1c(Br)cc(CNC)cc1Br. The minimum atomic E-state index is 0.276. The number of hydrogen-bond donors (Lipinski definition) is 1. The number of halogens is 2. The maximum atomic E-state index is 5.99. The van der Waals surface area contributed by atoms with E-state index in [1.54, 1.807) is 0 Å². The molecule has 4 heteroatoms. The molecule has 0 atom stereocenters. The van der Waals surface area contributed by atoms with Crippen LogP contribution in [0.5, 0.6) is 5.75 Å². The predicted octanol–water partition coefficient (Wildman–Crippen LogP) is 4.50. The molecule has 0 aromatic heterocycles. The van der Waals surface area contributed by atoms with E-state index in [2.05, 4.69) is 63.2 Å². The Hall–Kier alpha value is -0.0600. The topological polar surface area (TPSA) is 21.3 Å². The highest BCUT2D eigenvalue weighted by Crippen LogP contribution is 2.36. The fourth-order valence-corrected chi connectivity index (χ4v) is 3.12. The van der Waals surface area contributed by atoms with E-state index >= 15 is 0 Å². The number of hydrogen-bond acceptors (Lipinski definition) is 2. The summed E-state index contributed by atoms with van der Waals surface area (Å²) in [5, 5.41) is 3.14. The molecule has 0 heterocycles. The molecule has 0 unspecified atom stereocenters. The van der Waals surface area contributed by atoms with Gasteiger partial charge in [0.25, 0.3) is 0 Å². The molecule has 2 nitrogen and oxygen atoms in total. The molecule has 0 aliphatic carbocycles. The summed E-state index contributed by atoms with van der Waals surface area (Å²) in [5.41, 5.74) is 1.23. The molecule has 1 aromatic carbocycles. The summed E-state index contributed by atoms with van der Waals surface area (Å²) in [6.45, 7) is 5.14. The summed E-state index contributed by atoms with van der Waals surface area (Å²) >= 11 is 7.14. The first kappa shape index (κ1) is 15.0. The van der Waals surface area contributed by atoms with Gasteiger partial charge in [-0.1, -0.05) is 13.8 Å². The van der Waals surface area contributed by atoms with Gasteiger partial charge >= 0.3 is 0 Å². The second kappa shape index (κ2) is 7.39. The van der Waals surface area contributed by atoms with Gasteiger partial charge in [0.1, 0.15) is 5.75 Å². The third-order valence-electron chi connectivity index (χ3n) is 2.63. The monoisotopic (exact) mass is 363 g/mol. The number of ether oxygens (including phenoxy) is 1. The van der Waals surface area contributed by atoms with Crippen molar-refractivity contribution in [1.29, 1.82) is 0 Å². The van der Waals surface area contributed by atoms with Crippen molar-refractivity contribution in [3.8, 4) is 5.75 Å². The van der Waals surface area contributed by atoms with Gasteiger partial charge in [-0.2, -0.15) is 0 Å². The minimum Gasteiger partial charge on any atom is -0.488 e. The Balaban J connectivity index is 2.92. The average Bonchev–Trinajstić information content (AvgIpc) is 2.29. The van der Waals surface area contributed by atoms with E-state index in [4.69, 9.17) is 4.74 Å². The van der Waals surface area contributed by atoms with Crippen LogP contribution in [-0.2, 0) is 6.54 Å². The fraction of sp³-hybridized carbons (Fsp3) is 0.538. The highest BCUT2D eigenvalue weighted by atomic mass is 79.9. The van der Waals surface area contributed by atoms with E-state index in [9.17, 15) is 0 Å². The highest BCUT2D eigenvalue weighted by Gasteiger charge is 2.13. The van der Waals surface area contributed by atoms with Crippen LogP contribution in [0.15, 0.2) is 21.1 Å². The van der Waals surface area contributed by atoms with Gasteiger partial charge in [0.05, 0.1) is 15.0 Å². The predicted molar refractivity (Wildman–Crippen MR) is 79.6 cm³/mol. The zero-order valence-corrected chi connectivity index (χ0v) is 13.7. The molecular weight excluding hydrogens is 346 g/mol. The Bertz CT molecular complexity index is 341. The van der Waals surface area contributed by atoms with Gasteiger partial charge in [-0.15, -0.1) is 0 Å². The number of rotatable bonds is 6. The molecule has 0 fully saturated rings. The zero-order chi connectivity index (χ0) is 12.8. The third kappa shape index (κ3) is 4.27. The molecule has 17 heavy (non-hydrogen) atoms. The van der Waals surface area contributed by atoms with Gasteiger partial charge in [-0.05, 0) is 69.4 Å². The fourth-order valence-electron chi connectivity index (χ4n) is 1.65. The second-order valence-electron chi connectivity index (χ2n) is 3.98. The standard InChI is InChI=1S/C13H19Br2NO/c1-4-10(5-2)17-13-11(14)6-9(8-16-3)7-12(13)15/h6-7,10,16H,4-5,8H2,1-3H3. The summed E-state index contributed by atoms with van der Waals surface area (Å²) in [5.74, 6) is 0.901. The summed E-state index contributed by atoms with van der Waals surface area (Å²) in [6.07, 6.45) is 2.32. The van der Waals surface area contributed by atoms with Gasteiger partial charge in [0, 0.05) is 6.54 Å². The van der Waals surface area contributed by atoms with Crippen molar-refractivity contribution in [3.05, 3.63) is 26.6 Å². The third-order valence-corrected chi connectivity index (χ3v) is 3.81. The van der Waals surface area contributed by atoms with Crippen LogP contribution in [0.25, 0.3) is 0 Å².